The molecule has 2 aromatic carbocycles. The first kappa shape index (κ1) is 16.8. The molecule has 122 valence electrons. The van der Waals surface area contributed by atoms with Crippen molar-refractivity contribution >= 4 is 11.7 Å². The lowest BCUT2D eigenvalue weighted by Gasteiger charge is -2.24. The summed E-state index contributed by atoms with van der Waals surface area (Å²) in [6, 6.07) is 16.3. The number of nitrogens with one attached hydrogen (secondary N) is 2. The molecule has 5 nitrogen and oxygen atoms in total. The van der Waals surface area contributed by atoms with Gasteiger partial charge in [-0.15, -0.1) is 0 Å². The van der Waals surface area contributed by atoms with Crippen LogP contribution in [0, 0.1) is 0 Å². The average Bonchev–Trinajstić information content (AvgIpc) is 2.54. The predicted molar refractivity (Wildman–Crippen MR) is 90.8 cm³/mol. The van der Waals surface area contributed by atoms with Crippen molar-refractivity contribution in [1.29, 1.82) is 0 Å². The van der Waals surface area contributed by atoms with Crippen molar-refractivity contribution in [3.8, 4) is 5.75 Å². The number of rotatable bonds is 6. The minimum atomic E-state index is -1.04. The third-order valence-electron chi connectivity index (χ3n) is 3.41. The van der Waals surface area contributed by atoms with Crippen molar-refractivity contribution < 1.29 is 14.6 Å². The van der Waals surface area contributed by atoms with E-state index >= 15 is 0 Å². The van der Waals surface area contributed by atoms with Crippen LogP contribution in [0.4, 0.5) is 10.5 Å². The minimum absolute atomic E-state index is 0.150. The number of amides is 2. The number of urea groups is 1. The third-order valence-corrected chi connectivity index (χ3v) is 3.41. The number of para-hydroxylation sites is 1. The van der Waals surface area contributed by atoms with Crippen molar-refractivity contribution in [3.05, 3.63) is 60.2 Å². The zero-order chi connectivity index (χ0) is 16.7. The largest absolute Gasteiger partial charge is 0.497 e. The Bertz CT molecular complexity index is 624. The first-order valence-corrected chi connectivity index (χ1v) is 7.44. The van der Waals surface area contributed by atoms with Crippen LogP contribution >= 0.6 is 0 Å². The first-order valence-electron chi connectivity index (χ1n) is 7.44. The van der Waals surface area contributed by atoms with Crippen LogP contribution in [0.2, 0.25) is 0 Å². The highest BCUT2D eigenvalue weighted by atomic mass is 16.5. The van der Waals surface area contributed by atoms with Crippen LogP contribution in [0.3, 0.4) is 0 Å². The summed E-state index contributed by atoms with van der Waals surface area (Å²) < 4.78 is 5.11. The van der Waals surface area contributed by atoms with E-state index < -0.39 is 5.60 Å². The van der Waals surface area contributed by atoms with Gasteiger partial charge < -0.3 is 20.5 Å². The highest BCUT2D eigenvalue weighted by Gasteiger charge is 2.22. The molecule has 0 saturated carbocycles. The summed E-state index contributed by atoms with van der Waals surface area (Å²) in [5.74, 6) is 0.772. The van der Waals surface area contributed by atoms with Crippen molar-refractivity contribution in [2.45, 2.75) is 18.9 Å². The Morgan fingerprint density at radius 3 is 2.39 bits per heavy atom. The Morgan fingerprint density at radius 2 is 1.78 bits per heavy atom. The van der Waals surface area contributed by atoms with E-state index in [0.717, 1.165) is 11.3 Å². The highest BCUT2D eigenvalue weighted by Crippen LogP contribution is 2.16. The van der Waals surface area contributed by atoms with Gasteiger partial charge in [0.2, 0.25) is 0 Å². The summed E-state index contributed by atoms with van der Waals surface area (Å²) in [6.45, 7) is 1.84. The molecule has 0 fully saturated rings. The molecule has 0 bridgehead atoms. The number of hydrogen-bond acceptors (Lipinski definition) is 3. The fraction of sp³-hybridized carbons (Fsp3) is 0.278. The van der Waals surface area contributed by atoms with Crippen LogP contribution in [-0.4, -0.2) is 30.4 Å². The molecule has 0 spiro atoms. The second kappa shape index (κ2) is 7.65. The lowest BCUT2D eigenvalue weighted by Crippen LogP contribution is -2.43. The molecule has 0 aliphatic heterocycles. The topological polar surface area (TPSA) is 70.6 Å². The summed E-state index contributed by atoms with van der Waals surface area (Å²) in [5.41, 5.74) is 0.642. The van der Waals surface area contributed by atoms with Gasteiger partial charge in [-0.3, -0.25) is 0 Å². The quantitative estimate of drug-likeness (QED) is 0.768. The van der Waals surface area contributed by atoms with Gasteiger partial charge in [-0.05, 0) is 36.8 Å². The lowest BCUT2D eigenvalue weighted by atomic mass is 9.96. The fourth-order valence-electron chi connectivity index (χ4n) is 2.21. The molecule has 2 amide bonds. The molecule has 5 heteroatoms. The van der Waals surface area contributed by atoms with E-state index in [4.69, 9.17) is 4.74 Å². The van der Waals surface area contributed by atoms with Gasteiger partial charge in [0, 0.05) is 18.7 Å². The number of carbonyl (C=O) groups excluding carboxylic acids is 1. The van der Waals surface area contributed by atoms with Crippen LogP contribution in [0.15, 0.2) is 54.6 Å². The molecule has 1 unspecified atom stereocenters. The first-order chi connectivity index (χ1) is 11.0. The number of hydrogen-bond donors (Lipinski definition) is 3. The molecule has 3 N–H and O–H groups in total. The second-order valence-electron chi connectivity index (χ2n) is 5.70. The maximum atomic E-state index is 11.8. The molecule has 0 aromatic heterocycles. The van der Waals surface area contributed by atoms with Gasteiger partial charge in [-0.25, -0.2) is 4.79 Å². The monoisotopic (exact) mass is 314 g/mol. The molecule has 2 aromatic rings. The van der Waals surface area contributed by atoms with E-state index in [1.54, 1.807) is 26.2 Å². The van der Waals surface area contributed by atoms with Gasteiger partial charge in [0.25, 0.3) is 0 Å². The Hall–Kier alpha value is -2.53. The molecule has 0 aliphatic rings. The fourth-order valence-corrected chi connectivity index (χ4v) is 2.21. The molecular weight excluding hydrogens is 292 g/mol. The average molecular weight is 314 g/mol. The molecule has 1 atom stereocenters. The van der Waals surface area contributed by atoms with Crippen molar-refractivity contribution in [3.63, 3.8) is 0 Å². The maximum absolute atomic E-state index is 11.8. The third kappa shape index (κ3) is 5.64. The maximum Gasteiger partial charge on any atom is 0.319 e. The van der Waals surface area contributed by atoms with Crippen LogP contribution in [-0.2, 0) is 6.42 Å². The zero-order valence-electron chi connectivity index (χ0n) is 13.4. The van der Waals surface area contributed by atoms with Crippen LogP contribution < -0.4 is 15.4 Å². The molecule has 0 aliphatic carbocycles. The zero-order valence-corrected chi connectivity index (χ0v) is 13.4. The van der Waals surface area contributed by atoms with E-state index in [1.165, 1.54) is 0 Å². The van der Waals surface area contributed by atoms with E-state index in [0.29, 0.717) is 12.1 Å². The van der Waals surface area contributed by atoms with Crippen molar-refractivity contribution in [2.24, 2.45) is 0 Å². The molecule has 0 saturated heterocycles. The molecule has 23 heavy (non-hydrogen) atoms. The van der Waals surface area contributed by atoms with E-state index in [-0.39, 0.29) is 12.6 Å². The summed E-state index contributed by atoms with van der Waals surface area (Å²) in [7, 11) is 1.61. The summed E-state index contributed by atoms with van der Waals surface area (Å²) in [5, 5.41) is 15.8. The summed E-state index contributed by atoms with van der Waals surface area (Å²) in [6.07, 6.45) is 0.433. The van der Waals surface area contributed by atoms with Crippen LogP contribution in [0.5, 0.6) is 5.75 Å². The van der Waals surface area contributed by atoms with Gasteiger partial charge in [0.1, 0.15) is 5.75 Å². The Kier molecular flexibility index (Phi) is 5.60. The number of ether oxygens (including phenoxy) is 1. The molecular formula is C18H22N2O3. The molecule has 0 heterocycles. The van der Waals surface area contributed by atoms with Gasteiger partial charge >= 0.3 is 6.03 Å². The normalized spacial score (nSPS) is 13.0. The van der Waals surface area contributed by atoms with Gasteiger partial charge in [-0.2, -0.15) is 0 Å². The lowest BCUT2D eigenvalue weighted by molar-refractivity contribution is 0.0629. The Morgan fingerprint density at radius 1 is 1.13 bits per heavy atom. The van der Waals surface area contributed by atoms with E-state index in [2.05, 4.69) is 10.6 Å². The second-order valence-corrected chi connectivity index (χ2v) is 5.70. The highest BCUT2D eigenvalue weighted by molar-refractivity contribution is 5.89. The van der Waals surface area contributed by atoms with Gasteiger partial charge in [0.05, 0.1) is 12.7 Å². The standard InChI is InChI=1S/C18H22N2O3/c1-18(22,12-14-8-10-16(23-2)11-9-14)13-19-17(21)20-15-6-4-3-5-7-15/h3-11,22H,12-13H2,1-2H3,(H2,19,20,21). The molecule has 2 rings (SSSR count). The van der Waals surface area contributed by atoms with E-state index in [9.17, 15) is 9.90 Å². The number of anilines is 1. The minimum Gasteiger partial charge on any atom is -0.497 e. The predicted octanol–water partition coefficient (Wildman–Crippen LogP) is 2.81. The Labute approximate surface area is 136 Å². The SMILES string of the molecule is COc1ccc(CC(C)(O)CNC(=O)Nc2ccccc2)cc1. The summed E-state index contributed by atoms with van der Waals surface area (Å²) >= 11 is 0. The summed E-state index contributed by atoms with van der Waals surface area (Å²) in [4.78, 5) is 11.8. The number of benzene rings is 2. The smallest absolute Gasteiger partial charge is 0.319 e. The van der Waals surface area contributed by atoms with Crippen molar-refractivity contribution in [2.75, 3.05) is 19.0 Å². The van der Waals surface area contributed by atoms with Crippen LogP contribution in [0.25, 0.3) is 0 Å². The number of methoxy groups -OCH3 is 1. The van der Waals surface area contributed by atoms with Gasteiger partial charge in [-0.1, -0.05) is 30.3 Å². The Balaban J connectivity index is 1.84. The van der Waals surface area contributed by atoms with Gasteiger partial charge in [0.15, 0.2) is 0 Å². The number of carbonyl (C=O) groups is 1. The van der Waals surface area contributed by atoms with Crippen molar-refractivity contribution in [1.82, 2.24) is 5.32 Å². The molecule has 0 radical (unpaired) electrons. The number of aliphatic hydroxyl groups is 1. The van der Waals surface area contributed by atoms with E-state index in [1.807, 2.05) is 42.5 Å². The van der Waals surface area contributed by atoms with Crippen LogP contribution in [0.1, 0.15) is 12.5 Å².